The van der Waals surface area contributed by atoms with Crippen LogP contribution in [-0.4, -0.2) is 12.3 Å². The van der Waals surface area contributed by atoms with E-state index in [1.54, 1.807) is 5.57 Å². The smallest absolute Gasteiger partial charge is 0.00698 e. The van der Waals surface area contributed by atoms with Crippen LogP contribution in [-0.2, 0) is 12.3 Å². The standard InChI is InChI=1S/C38H42P2/c1-31-14-12-18-34(24-31)27-39(28-35-19-13-15-32(2)25-35)29-38(3,26-33-16-10-11-17-33)30-40(36-20-6-4-7-21-36)37-22-8-5-9-23-37/h4-16,18-25H,17,26-30H2,1-3H3. The predicted molar refractivity (Wildman–Crippen MR) is 180 cm³/mol. The van der Waals surface area contributed by atoms with Gasteiger partial charge in [-0.2, -0.15) is 0 Å². The van der Waals surface area contributed by atoms with Gasteiger partial charge in [0.05, 0.1) is 0 Å². The van der Waals surface area contributed by atoms with E-state index < -0.39 is 7.92 Å². The molecule has 1 aliphatic rings. The maximum atomic E-state index is 2.61. The molecule has 0 spiro atoms. The lowest BCUT2D eigenvalue weighted by molar-refractivity contribution is 0.422. The summed E-state index contributed by atoms with van der Waals surface area (Å²) < 4.78 is 0. The zero-order valence-corrected chi connectivity index (χ0v) is 26.1. The van der Waals surface area contributed by atoms with Crippen LogP contribution in [0.2, 0.25) is 0 Å². The normalized spacial score (nSPS) is 14.5. The molecule has 0 fully saturated rings. The first kappa shape index (κ1) is 28.7. The van der Waals surface area contributed by atoms with E-state index in [0.29, 0.717) is 0 Å². The lowest BCUT2D eigenvalue weighted by atomic mass is 9.87. The molecular weight excluding hydrogens is 518 g/mol. The molecule has 5 rings (SSSR count). The quantitative estimate of drug-likeness (QED) is 0.151. The molecule has 0 heterocycles. The van der Waals surface area contributed by atoms with E-state index in [9.17, 15) is 0 Å². The Hall–Kier alpha value is -2.78. The number of rotatable bonds is 12. The fourth-order valence-electron chi connectivity index (χ4n) is 6.11. The Balaban J connectivity index is 1.50. The first-order valence-electron chi connectivity index (χ1n) is 14.5. The van der Waals surface area contributed by atoms with Crippen LogP contribution in [0.1, 0.15) is 42.0 Å². The van der Waals surface area contributed by atoms with Crippen molar-refractivity contribution < 1.29 is 0 Å². The van der Waals surface area contributed by atoms with Gasteiger partial charge in [0, 0.05) is 0 Å². The van der Waals surface area contributed by atoms with Gasteiger partial charge < -0.3 is 0 Å². The molecule has 0 N–H and O–H groups in total. The molecule has 0 aliphatic heterocycles. The van der Waals surface area contributed by atoms with Crippen molar-refractivity contribution in [2.45, 2.75) is 45.9 Å². The van der Waals surface area contributed by atoms with E-state index in [1.807, 2.05) is 0 Å². The molecule has 4 aromatic carbocycles. The van der Waals surface area contributed by atoms with Crippen LogP contribution >= 0.6 is 15.8 Å². The second-order valence-corrected chi connectivity index (χ2v) is 16.3. The molecule has 204 valence electrons. The van der Waals surface area contributed by atoms with Crippen molar-refractivity contribution in [1.29, 1.82) is 0 Å². The molecular formula is C38H42P2. The van der Waals surface area contributed by atoms with Crippen molar-refractivity contribution in [2.75, 3.05) is 12.3 Å². The topological polar surface area (TPSA) is 0 Å². The third-order valence-electron chi connectivity index (χ3n) is 7.76. The summed E-state index contributed by atoms with van der Waals surface area (Å²) in [5, 5.41) is 2.99. The van der Waals surface area contributed by atoms with E-state index in [1.165, 1.54) is 63.9 Å². The molecule has 4 aromatic rings. The number of hydrogen-bond acceptors (Lipinski definition) is 0. The highest BCUT2D eigenvalue weighted by Gasteiger charge is 2.33. The van der Waals surface area contributed by atoms with Gasteiger partial charge in [-0.25, -0.2) is 0 Å². The van der Waals surface area contributed by atoms with Gasteiger partial charge in [-0.3, -0.25) is 0 Å². The minimum Gasteiger partial charge on any atom is -0.0972 e. The largest absolute Gasteiger partial charge is 0.0972 e. The summed E-state index contributed by atoms with van der Waals surface area (Å²) in [5.74, 6) is 0. The Bertz CT molecular complexity index is 1350. The third-order valence-corrected chi connectivity index (χ3v) is 13.5. The van der Waals surface area contributed by atoms with Crippen molar-refractivity contribution in [3.05, 3.63) is 155 Å². The summed E-state index contributed by atoms with van der Waals surface area (Å²) in [4.78, 5) is 0. The Morgan fingerprint density at radius 1 is 0.650 bits per heavy atom. The second-order valence-electron chi connectivity index (χ2n) is 11.8. The van der Waals surface area contributed by atoms with Crippen molar-refractivity contribution in [2.24, 2.45) is 5.41 Å². The van der Waals surface area contributed by atoms with Gasteiger partial charge >= 0.3 is 0 Å². The molecule has 0 nitrogen and oxygen atoms in total. The average molecular weight is 561 g/mol. The Morgan fingerprint density at radius 2 is 1.20 bits per heavy atom. The van der Waals surface area contributed by atoms with E-state index in [4.69, 9.17) is 0 Å². The van der Waals surface area contributed by atoms with E-state index in [-0.39, 0.29) is 13.3 Å². The maximum absolute atomic E-state index is 2.61. The SMILES string of the molecule is Cc1cccc(CP(Cc2cccc(C)c2)CC(C)(CC2=CC=CC2)CP(c2ccccc2)c2ccccc2)c1. The van der Waals surface area contributed by atoms with Crippen molar-refractivity contribution in [1.82, 2.24) is 0 Å². The van der Waals surface area contributed by atoms with Gasteiger partial charge in [-0.15, -0.1) is 0 Å². The van der Waals surface area contributed by atoms with Crippen LogP contribution in [0.3, 0.4) is 0 Å². The van der Waals surface area contributed by atoms with E-state index >= 15 is 0 Å². The highest BCUT2D eigenvalue weighted by atomic mass is 31.1. The molecule has 0 radical (unpaired) electrons. The number of hydrogen-bond donors (Lipinski definition) is 0. The highest BCUT2D eigenvalue weighted by molar-refractivity contribution is 7.73. The molecule has 0 saturated carbocycles. The molecule has 1 unspecified atom stereocenters. The van der Waals surface area contributed by atoms with Gasteiger partial charge in [-0.1, -0.05) is 159 Å². The van der Waals surface area contributed by atoms with Crippen molar-refractivity contribution in [3.63, 3.8) is 0 Å². The fraction of sp³-hybridized carbons (Fsp3) is 0.263. The number of allylic oxidation sites excluding steroid dienone is 4. The van der Waals surface area contributed by atoms with Gasteiger partial charge in [0.15, 0.2) is 0 Å². The fourth-order valence-corrected chi connectivity index (χ4v) is 12.1. The van der Waals surface area contributed by atoms with E-state index in [2.05, 4.69) is 148 Å². The first-order chi connectivity index (χ1) is 19.5. The molecule has 2 heteroatoms. The second kappa shape index (κ2) is 13.7. The monoisotopic (exact) mass is 560 g/mol. The highest BCUT2D eigenvalue weighted by Crippen LogP contribution is 2.53. The predicted octanol–water partition coefficient (Wildman–Crippen LogP) is 9.90. The lowest BCUT2D eigenvalue weighted by Gasteiger charge is -2.38. The lowest BCUT2D eigenvalue weighted by Crippen LogP contribution is -2.30. The Morgan fingerprint density at radius 3 is 1.68 bits per heavy atom. The minimum absolute atomic E-state index is 0.217. The van der Waals surface area contributed by atoms with Crippen LogP contribution in [0.25, 0.3) is 0 Å². The van der Waals surface area contributed by atoms with Gasteiger partial charge in [0.25, 0.3) is 0 Å². The summed E-state index contributed by atoms with van der Waals surface area (Å²) in [6.07, 6.45) is 14.1. The summed E-state index contributed by atoms with van der Waals surface area (Å²) in [6.45, 7) is 7.06. The molecule has 0 bridgehead atoms. The van der Waals surface area contributed by atoms with Crippen molar-refractivity contribution >= 4 is 26.5 Å². The summed E-state index contributed by atoms with van der Waals surface area (Å²) >= 11 is 0. The Kier molecular flexibility index (Phi) is 9.86. The summed E-state index contributed by atoms with van der Waals surface area (Å²) in [5.41, 5.74) is 7.54. The van der Waals surface area contributed by atoms with Crippen molar-refractivity contribution in [3.8, 4) is 0 Å². The average Bonchev–Trinajstić information content (AvgIpc) is 3.45. The third kappa shape index (κ3) is 8.13. The number of benzene rings is 4. The van der Waals surface area contributed by atoms with E-state index in [0.717, 1.165) is 6.42 Å². The molecule has 0 amide bonds. The molecule has 1 atom stereocenters. The number of aryl methyl sites for hydroxylation is 2. The first-order valence-corrected chi connectivity index (χ1v) is 17.9. The molecule has 40 heavy (non-hydrogen) atoms. The zero-order chi connectivity index (χ0) is 27.8. The molecule has 0 aromatic heterocycles. The summed E-state index contributed by atoms with van der Waals surface area (Å²) in [6, 6.07) is 41.1. The van der Waals surface area contributed by atoms with Crippen LogP contribution in [0.4, 0.5) is 0 Å². The van der Waals surface area contributed by atoms with Gasteiger partial charge in [0.2, 0.25) is 0 Å². The van der Waals surface area contributed by atoms with Crippen LogP contribution in [0.5, 0.6) is 0 Å². The Labute approximate surface area is 244 Å². The van der Waals surface area contributed by atoms with Gasteiger partial charge in [0.1, 0.15) is 0 Å². The van der Waals surface area contributed by atoms with Crippen LogP contribution in [0, 0.1) is 19.3 Å². The maximum Gasteiger partial charge on any atom is -0.00698 e. The molecule has 0 saturated heterocycles. The minimum atomic E-state index is -0.456. The zero-order valence-electron chi connectivity index (χ0n) is 24.3. The van der Waals surface area contributed by atoms with Crippen LogP contribution < -0.4 is 10.6 Å². The van der Waals surface area contributed by atoms with Crippen LogP contribution in [0.15, 0.2) is 133 Å². The summed E-state index contributed by atoms with van der Waals surface area (Å²) in [7, 11) is -0.708. The molecule has 1 aliphatic carbocycles. The van der Waals surface area contributed by atoms with Gasteiger partial charge in [-0.05, 0) is 86.4 Å².